The Labute approximate surface area is 317 Å². The van der Waals surface area contributed by atoms with Crippen LogP contribution >= 0.6 is 0 Å². The van der Waals surface area contributed by atoms with Crippen molar-refractivity contribution in [1.82, 2.24) is 5.32 Å². The van der Waals surface area contributed by atoms with Crippen molar-refractivity contribution in [3.8, 4) is 34.5 Å². The highest BCUT2D eigenvalue weighted by molar-refractivity contribution is 6.34. The number of hydrogen-bond donors (Lipinski definition) is 3. The molecule has 0 aromatic heterocycles. The zero-order valence-electron chi connectivity index (χ0n) is 28.8. The van der Waals surface area contributed by atoms with Gasteiger partial charge in [-0.05, 0) is 121 Å². The average Bonchev–Trinajstić information content (AvgIpc) is 3.62. The fraction of sp³-hybridized carbons (Fsp3) is 0. The summed E-state index contributed by atoms with van der Waals surface area (Å²) in [5, 5.41) is 7.48. The maximum Gasteiger partial charge on any atom is 0.417 e. The molecular formula is C42H26N4O10. The topological polar surface area (TPSA) is 179 Å². The predicted molar refractivity (Wildman–Crippen MR) is 201 cm³/mol. The van der Waals surface area contributed by atoms with Gasteiger partial charge in [-0.1, -0.05) is 18.2 Å². The molecule has 2 aliphatic heterocycles. The molecule has 0 unspecified atom stereocenters. The molecule has 0 atom stereocenters. The molecule has 56 heavy (non-hydrogen) atoms. The number of anilines is 3. The second kappa shape index (κ2) is 14.6. The van der Waals surface area contributed by atoms with Crippen LogP contribution in [-0.4, -0.2) is 35.8 Å². The molecule has 0 bridgehead atoms. The van der Waals surface area contributed by atoms with E-state index in [1.165, 1.54) is 60.7 Å². The van der Waals surface area contributed by atoms with Crippen LogP contribution in [0.25, 0.3) is 0 Å². The van der Waals surface area contributed by atoms with Gasteiger partial charge in [0.05, 0.1) is 27.9 Å². The Bertz CT molecular complexity index is 2560. The fourth-order valence-corrected chi connectivity index (χ4v) is 5.87. The number of benzene rings is 6. The van der Waals surface area contributed by atoms with Gasteiger partial charge in [-0.2, -0.15) is 0 Å². The van der Waals surface area contributed by atoms with Gasteiger partial charge >= 0.3 is 12.2 Å². The Hall–Kier alpha value is -8.26. The van der Waals surface area contributed by atoms with Gasteiger partial charge in [0.2, 0.25) is 0 Å². The summed E-state index contributed by atoms with van der Waals surface area (Å²) in [7, 11) is 0. The number of fused-ring (bicyclic) bond motifs is 2. The van der Waals surface area contributed by atoms with Gasteiger partial charge in [-0.15, -0.1) is 0 Å². The third kappa shape index (κ3) is 7.33. The molecular weight excluding hydrogens is 720 g/mol. The summed E-state index contributed by atoms with van der Waals surface area (Å²) in [5.74, 6) is -0.0353. The van der Waals surface area contributed by atoms with Gasteiger partial charge in [0.1, 0.15) is 34.5 Å². The number of carbonyl (C=O) groups excluding carboxylic acids is 6. The number of carbonyl (C=O) groups is 6. The molecule has 2 heterocycles. The lowest BCUT2D eigenvalue weighted by atomic mass is 10.1. The van der Waals surface area contributed by atoms with E-state index in [-0.39, 0.29) is 45.2 Å². The summed E-state index contributed by atoms with van der Waals surface area (Å²) in [4.78, 5) is 76.2. The molecule has 8 rings (SSSR count). The van der Waals surface area contributed by atoms with Crippen LogP contribution in [0.1, 0.15) is 41.4 Å². The Morgan fingerprint density at radius 1 is 0.446 bits per heavy atom. The van der Waals surface area contributed by atoms with Gasteiger partial charge in [0.15, 0.2) is 0 Å². The summed E-state index contributed by atoms with van der Waals surface area (Å²) >= 11 is 0. The maximum atomic E-state index is 13.4. The van der Waals surface area contributed by atoms with E-state index in [4.69, 9.17) is 18.9 Å². The summed E-state index contributed by atoms with van der Waals surface area (Å²) in [6.45, 7) is 0. The van der Waals surface area contributed by atoms with Gasteiger partial charge < -0.3 is 18.9 Å². The molecule has 6 aromatic carbocycles. The van der Waals surface area contributed by atoms with Gasteiger partial charge in [-0.3, -0.25) is 35.1 Å². The lowest BCUT2D eigenvalue weighted by molar-refractivity contribution is 0.0874. The van der Waals surface area contributed by atoms with E-state index in [1.54, 1.807) is 72.8 Å². The van der Waals surface area contributed by atoms with Crippen LogP contribution in [0.2, 0.25) is 0 Å². The normalized spacial score (nSPS) is 12.7. The molecule has 0 saturated heterocycles. The van der Waals surface area contributed by atoms with Crippen molar-refractivity contribution in [2.45, 2.75) is 0 Å². The van der Waals surface area contributed by atoms with Crippen molar-refractivity contribution in [1.29, 1.82) is 0 Å². The first-order valence-electron chi connectivity index (χ1n) is 16.9. The van der Waals surface area contributed by atoms with Crippen molar-refractivity contribution < 1.29 is 47.7 Å². The van der Waals surface area contributed by atoms with Crippen LogP contribution in [0.15, 0.2) is 140 Å². The third-order valence-electron chi connectivity index (χ3n) is 8.50. The smallest absolute Gasteiger partial charge is 0.417 e. The first-order valence-corrected chi connectivity index (χ1v) is 16.9. The number of rotatable bonds is 9. The zero-order chi connectivity index (χ0) is 38.8. The lowest BCUT2D eigenvalue weighted by Gasteiger charge is -2.14. The second-order valence-corrected chi connectivity index (χ2v) is 12.2. The lowest BCUT2D eigenvalue weighted by Crippen LogP contribution is -2.29. The number of imide groups is 2. The van der Waals surface area contributed by atoms with E-state index in [0.29, 0.717) is 28.6 Å². The summed E-state index contributed by atoms with van der Waals surface area (Å²) < 4.78 is 22.3. The minimum Gasteiger partial charge on any atom is -0.457 e. The highest BCUT2D eigenvalue weighted by Gasteiger charge is 2.37. The van der Waals surface area contributed by atoms with Crippen molar-refractivity contribution in [2.75, 3.05) is 15.5 Å². The van der Waals surface area contributed by atoms with Gasteiger partial charge in [0.25, 0.3) is 23.6 Å². The van der Waals surface area contributed by atoms with Crippen molar-refractivity contribution >= 4 is 52.9 Å². The Morgan fingerprint density at radius 3 is 1.48 bits per heavy atom. The Kier molecular flexibility index (Phi) is 9.10. The largest absolute Gasteiger partial charge is 0.457 e. The first kappa shape index (κ1) is 34.8. The summed E-state index contributed by atoms with van der Waals surface area (Å²) in [5.41, 5.74) is 1.91. The Morgan fingerprint density at radius 2 is 0.893 bits per heavy atom. The monoisotopic (exact) mass is 746 g/mol. The standard InChI is InChI=1S/C42H26N4O10/c47-37-33-20-18-31(22-35(33)38(48)45-37)54-32-19-21-34-36(23-32)40(50)46(39(34)49)26-10-16-30(17-11-26)56-42(52)44-25-8-14-29(15-9-25)53-28-12-6-24(7-13-28)43-41(51)55-27-4-2-1-3-5-27/h1-23H,(H,43,51)(H,44,52)(H,45,47,48). The molecule has 0 radical (unpaired) electrons. The molecule has 3 N–H and O–H groups in total. The number of amides is 6. The summed E-state index contributed by atoms with van der Waals surface area (Å²) in [6.07, 6.45) is -1.40. The van der Waals surface area contributed by atoms with E-state index in [1.807, 2.05) is 6.07 Å². The molecule has 0 spiro atoms. The molecule has 6 aromatic rings. The van der Waals surface area contributed by atoms with Crippen LogP contribution in [0.4, 0.5) is 26.7 Å². The molecule has 0 aliphatic carbocycles. The predicted octanol–water partition coefficient (Wildman–Crippen LogP) is 8.18. The number of nitrogens with one attached hydrogen (secondary N) is 3. The minimum atomic E-state index is -0.774. The van der Waals surface area contributed by atoms with Crippen LogP contribution in [0.3, 0.4) is 0 Å². The van der Waals surface area contributed by atoms with Crippen molar-refractivity contribution in [3.63, 3.8) is 0 Å². The van der Waals surface area contributed by atoms with Crippen LogP contribution in [-0.2, 0) is 0 Å². The SMILES string of the molecule is O=C(Nc1ccc(Oc2ccc(NC(=O)Oc3ccc(N4C(=O)c5ccc(Oc6ccc7c(c6)C(=O)NC7=O)cc5C4=O)cc3)cc2)cc1)Oc1ccccc1. The minimum absolute atomic E-state index is 0.117. The van der Waals surface area contributed by atoms with Crippen molar-refractivity contribution in [2.24, 2.45) is 0 Å². The van der Waals surface area contributed by atoms with E-state index >= 15 is 0 Å². The molecule has 0 saturated carbocycles. The molecule has 0 fully saturated rings. The number of para-hydroxylation sites is 1. The van der Waals surface area contributed by atoms with Gasteiger partial charge in [-0.25, -0.2) is 14.5 Å². The highest BCUT2D eigenvalue weighted by atomic mass is 16.6. The van der Waals surface area contributed by atoms with Crippen LogP contribution in [0.5, 0.6) is 34.5 Å². The molecule has 14 nitrogen and oxygen atoms in total. The molecule has 6 amide bonds. The van der Waals surface area contributed by atoms with Crippen LogP contribution in [0, 0.1) is 0 Å². The van der Waals surface area contributed by atoms with E-state index in [9.17, 15) is 28.8 Å². The highest BCUT2D eigenvalue weighted by Crippen LogP contribution is 2.34. The Balaban J connectivity index is 0.832. The second-order valence-electron chi connectivity index (χ2n) is 12.2. The number of hydrogen-bond acceptors (Lipinski definition) is 10. The van der Waals surface area contributed by atoms with E-state index in [0.717, 1.165) is 4.90 Å². The quantitative estimate of drug-likeness (QED) is 0.122. The fourth-order valence-electron chi connectivity index (χ4n) is 5.87. The zero-order valence-corrected chi connectivity index (χ0v) is 28.8. The van der Waals surface area contributed by atoms with E-state index < -0.39 is 35.8 Å². The number of ether oxygens (including phenoxy) is 4. The third-order valence-corrected chi connectivity index (χ3v) is 8.50. The van der Waals surface area contributed by atoms with Gasteiger partial charge in [0, 0.05) is 11.4 Å². The van der Waals surface area contributed by atoms with E-state index in [2.05, 4.69) is 16.0 Å². The molecule has 2 aliphatic rings. The maximum absolute atomic E-state index is 13.4. The summed E-state index contributed by atoms with van der Waals surface area (Å²) in [6, 6.07) is 36.6. The first-order chi connectivity index (χ1) is 27.2. The molecule has 14 heteroatoms. The average molecular weight is 747 g/mol. The molecule has 274 valence electrons. The van der Waals surface area contributed by atoms with Crippen LogP contribution < -0.4 is 39.8 Å². The number of nitrogens with zero attached hydrogens (tertiary/aromatic N) is 1. The van der Waals surface area contributed by atoms with Crippen molar-refractivity contribution in [3.05, 3.63) is 162 Å².